The zero-order chi connectivity index (χ0) is 22.5. The summed E-state index contributed by atoms with van der Waals surface area (Å²) in [6, 6.07) is 15.2. The molecule has 1 saturated heterocycles. The maximum Gasteiger partial charge on any atom is 0.240 e. The minimum atomic E-state index is -0.386. The van der Waals surface area contributed by atoms with E-state index < -0.39 is 0 Å². The summed E-state index contributed by atoms with van der Waals surface area (Å²) in [6.07, 6.45) is 3.13. The molecule has 0 aliphatic carbocycles. The minimum Gasteiger partial charge on any atom is -0.335 e. The average Bonchev–Trinajstić information content (AvgIpc) is 3.41. The van der Waals surface area contributed by atoms with E-state index in [4.69, 9.17) is 0 Å². The van der Waals surface area contributed by atoms with Crippen LogP contribution < -0.4 is 4.90 Å². The highest BCUT2D eigenvalue weighted by Crippen LogP contribution is 2.28. The maximum absolute atomic E-state index is 13.2. The molecule has 3 aromatic rings. The summed E-state index contributed by atoms with van der Waals surface area (Å²) in [5, 5.41) is 8.92. The van der Waals surface area contributed by atoms with Gasteiger partial charge in [0.15, 0.2) is 11.0 Å². The van der Waals surface area contributed by atoms with Crippen molar-refractivity contribution in [2.45, 2.75) is 43.6 Å². The number of anilines is 1. The van der Waals surface area contributed by atoms with Gasteiger partial charge in [0.2, 0.25) is 11.8 Å². The van der Waals surface area contributed by atoms with Gasteiger partial charge in [-0.3, -0.25) is 14.2 Å². The molecule has 2 aromatic heterocycles. The Hall–Kier alpha value is -3.20. The van der Waals surface area contributed by atoms with Crippen LogP contribution in [-0.4, -0.2) is 54.8 Å². The van der Waals surface area contributed by atoms with Crippen LogP contribution in [0.25, 0.3) is 5.82 Å². The van der Waals surface area contributed by atoms with E-state index in [1.54, 1.807) is 16.0 Å². The molecule has 3 heterocycles. The zero-order valence-electron chi connectivity index (χ0n) is 18.2. The van der Waals surface area contributed by atoms with Gasteiger partial charge in [0.05, 0.1) is 11.8 Å². The summed E-state index contributed by atoms with van der Waals surface area (Å²) in [4.78, 5) is 33.4. The SMILES string of the molecule is CCN(C(=O)C(C)Sc1nnc(CN2CCCC2=O)n1-c1ccccn1)c1ccccc1. The Labute approximate surface area is 191 Å². The molecule has 1 unspecified atom stereocenters. The van der Waals surface area contributed by atoms with Gasteiger partial charge in [-0.05, 0) is 44.5 Å². The molecule has 0 radical (unpaired) electrons. The molecule has 4 rings (SSSR count). The van der Waals surface area contributed by atoms with E-state index in [-0.39, 0.29) is 17.1 Å². The van der Waals surface area contributed by atoms with Crippen LogP contribution in [0, 0.1) is 0 Å². The van der Waals surface area contributed by atoms with Crippen molar-refractivity contribution in [2.24, 2.45) is 0 Å². The molecular weight excluding hydrogens is 424 g/mol. The molecule has 1 atom stereocenters. The smallest absolute Gasteiger partial charge is 0.240 e. The van der Waals surface area contributed by atoms with Crippen LogP contribution in [0.2, 0.25) is 0 Å². The number of hydrogen-bond acceptors (Lipinski definition) is 6. The highest BCUT2D eigenvalue weighted by atomic mass is 32.2. The number of rotatable bonds is 8. The van der Waals surface area contributed by atoms with E-state index in [1.807, 2.05) is 66.9 Å². The lowest BCUT2D eigenvalue weighted by Gasteiger charge is -2.24. The van der Waals surface area contributed by atoms with Crippen LogP contribution >= 0.6 is 11.8 Å². The van der Waals surface area contributed by atoms with Crippen molar-refractivity contribution in [3.05, 3.63) is 60.6 Å². The molecule has 1 fully saturated rings. The highest BCUT2D eigenvalue weighted by Gasteiger charge is 2.27. The van der Waals surface area contributed by atoms with E-state index in [9.17, 15) is 9.59 Å². The number of nitrogens with zero attached hydrogens (tertiary/aromatic N) is 6. The second-order valence-electron chi connectivity index (χ2n) is 7.52. The summed E-state index contributed by atoms with van der Waals surface area (Å²) >= 11 is 1.35. The Bertz CT molecular complexity index is 1070. The van der Waals surface area contributed by atoms with Crippen molar-refractivity contribution < 1.29 is 9.59 Å². The number of pyridine rings is 1. The third kappa shape index (κ3) is 4.67. The molecular formula is C23H26N6O2S. The van der Waals surface area contributed by atoms with Gasteiger partial charge in [0.25, 0.3) is 0 Å². The van der Waals surface area contributed by atoms with Gasteiger partial charge in [-0.15, -0.1) is 10.2 Å². The fraction of sp³-hybridized carbons (Fsp3) is 0.348. The number of amides is 2. The number of hydrogen-bond donors (Lipinski definition) is 0. The van der Waals surface area contributed by atoms with Gasteiger partial charge in [-0.25, -0.2) is 4.98 Å². The Morgan fingerprint density at radius 3 is 2.59 bits per heavy atom. The Kier molecular flexibility index (Phi) is 6.84. The van der Waals surface area contributed by atoms with Gasteiger partial charge in [0.1, 0.15) is 5.82 Å². The van der Waals surface area contributed by atoms with Gasteiger partial charge in [-0.1, -0.05) is 36.0 Å². The largest absolute Gasteiger partial charge is 0.335 e. The summed E-state index contributed by atoms with van der Waals surface area (Å²) in [6.45, 7) is 5.50. The highest BCUT2D eigenvalue weighted by molar-refractivity contribution is 8.00. The quantitative estimate of drug-likeness (QED) is 0.490. The molecule has 2 amide bonds. The Morgan fingerprint density at radius 1 is 1.16 bits per heavy atom. The van der Waals surface area contributed by atoms with Gasteiger partial charge in [-0.2, -0.15) is 0 Å². The van der Waals surface area contributed by atoms with Crippen molar-refractivity contribution >= 4 is 29.3 Å². The first-order valence-corrected chi connectivity index (χ1v) is 11.6. The number of benzene rings is 1. The van der Waals surface area contributed by atoms with Gasteiger partial charge < -0.3 is 9.80 Å². The molecule has 166 valence electrons. The molecule has 32 heavy (non-hydrogen) atoms. The summed E-state index contributed by atoms with van der Waals surface area (Å²) in [5.74, 6) is 1.42. The lowest BCUT2D eigenvalue weighted by Crippen LogP contribution is -2.36. The van der Waals surface area contributed by atoms with Crippen LogP contribution in [-0.2, 0) is 16.1 Å². The molecule has 0 N–H and O–H groups in total. The predicted molar refractivity (Wildman–Crippen MR) is 124 cm³/mol. The standard InChI is InChI=1S/C23H26N6O2S/c1-3-28(18-10-5-4-6-11-18)22(31)17(2)32-23-26-25-20(16-27-15-9-13-21(27)30)29(23)19-12-7-8-14-24-19/h4-8,10-12,14,17H,3,9,13,15-16H2,1-2H3. The van der Waals surface area contributed by atoms with Crippen molar-refractivity contribution in [3.8, 4) is 5.82 Å². The maximum atomic E-state index is 13.2. The van der Waals surface area contributed by atoms with Crippen LogP contribution in [0.1, 0.15) is 32.5 Å². The first kappa shape index (κ1) is 22.0. The molecule has 1 aromatic carbocycles. The summed E-state index contributed by atoms with van der Waals surface area (Å²) < 4.78 is 1.85. The van der Waals surface area contributed by atoms with Gasteiger partial charge >= 0.3 is 0 Å². The predicted octanol–water partition coefficient (Wildman–Crippen LogP) is 3.32. The second kappa shape index (κ2) is 9.95. The lowest BCUT2D eigenvalue weighted by atomic mass is 10.2. The van der Waals surface area contributed by atoms with Crippen LogP contribution in [0.5, 0.6) is 0 Å². The van der Waals surface area contributed by atoms with E-state index in [0.29, 0.717) is 42.9 Å². The second-order valence-corrected chi connectivity index (χ2v) is 8.83. The van der Waals surface area contributed by atoms with Crippen molar-refractivity contribution in [3.63, 3.8) is 0 Å². The monoisotopic (exact) mass is 450 g/mol. The fourth-order valence-electron chi connectivity index (χ4n) is 3.74. The summed E-state index contributed by atoms with van der Waals surface area (Å²) in [7, 11) is 0. The topological polar surface area (TPSA) is 84.2 Å². The molecule has 0 spiro atoms. The molecule has 0 bridgehead atoms. The third-order valence-corrected chi connectivity index (χ3v) is 6.39. The Morgan fingerprint density at radius 2 is 1.94 bits per heavy atom. The Balaban J connectivity index is 1.60. The lowest BCUT2D eigenvalue weighted by molar-refractivity contribution is -0.128. The minimum absolute atomic E-state index is 0.00413. The van der Waals surface area contributed by atoms with E-state index in [0.717, 1.165) is 12.1 Å². The number of carbonyl (C=O) groups excluding carboxylic acids is 2. The number of thioether (sulfide) groups is 1. The van der Waals surface area contributed by atoms with Crippen LogP contribution in [0.4, 0.5) is 5.69 Å². The first-order chi connectivity index (χ1) is 15.6. The van der Waals surface area contributed by atoms with Crippen molar-refractivity contribution in [2.75, 3.05) is 18.0 Å². The first-order valence-electron chi connectivity index (χ1n) is 10.7. The van der Waals surface area contributed by atoms with E-state index in [2.05, 4.69) is 15.2 Å². The number of aromatic nitrogens is 4. The third-order valence-electron chi connectivity index (χ3n) is 5.36. The van der Waals surface area contributed by atoms with Crippen molar-refractivity contribution in [1.29, 1.82) is 0 Å². The molecule has 0 saturated carbocycles. The van der Waals surface area contributed by atoms with Crippen LogP contribution in [0.15, 0.2) is 59.9 Å². The van der Waals surface area contributed by atoms with E-state index in [1.165, 1.54) is 11.8 Å². The number of likely N-dealkylation sites (tertiary alicyclic amines) is 1. The fourth-order valence-corrected chi connectivity index (χ4v) is 4.68. The van der Waals surface area contributed by atoms with Crippen LogP contribution in [0.3, 0.4) is 0 Å². The van der Waals surface area contributed by atoms with Gasteiger partial charge in [0, 0.05) is 31.4 Å². The van der Waals surface area contributed by atoms with E-state index >= 15 is 0 Å². The number of carbonyl (C=O) groups is 2. The molecule has 9 heteroatoms. The average molecular weight is 451 g/mol. The normalized spacial score (nSPS) is 14.6. The molecule has 1 aliphatic rings. The molecule has 1 aliphatic heterocycles. The zero-order valence-corrected chi connectivity index (χ0v) is 19.0. The summed E-state index contributed by atoms with van der Waals surface area (Å²) in [5.41, 5.74) is 0.867. The number of para-hydroxylation sites is 1. The molecule has 8 nitrogen and oxygen atoms in total. The van der Waals surface area contributed by atoms with Crippen molar-refractivity contribution in [1.82, 2.24) is 24.6 Å².